The maximum absolute atomic E-state index is 11.8. The first kappa shape index (κ1) is 11.1. The normalized spacial score (nSPS) is 13.6. The van der Waals surface area contributed by atoms with E-state index >= 15 is 0 Å². The highest BCUT2D eigenvalue weighted by Crippen LogP contribution is 2.36. The number of rotatable bonds is 3. The Hall–Kier alpha value is 0.107. The molecule has 0 aromatic carbocycles. The molecule has 0 aliphatic carbocycles. The van der Waals surface area contributed by atoms with Crippen molar-refractivity contribution in [3.8, 4) is 0 Å². The molecule has 0 aromatic rings. The maximum Gasteiger partial charge on any atom is 0.192 e. The van der Waals surface area contributed by atoms with E-state index in [2.05, 4.69) is 33.9 Å². The Morgan fingerprint density at radius 1 is 1.27 bits per heavy atom. The quantitative estimate of drug-likeness (QED) is 0.604. The molecule has 0 unspecified atom stereocenters. The van der Waals surface area contributed by atoms with Crippen molar-refractivity contribution in [3.63, 3.8) is 0 Å². The van der Waals surface area contributed by atoms with E-state index in [0.29, 0.717) is 0 Å². The predicted molar refractivity (Wildman–Crippen MR) is 49.1 cm³/mol. The van der Waals surface area contributed by atoms with Gasteiger partial charge in [0.1, 0.15) is 6.67 Å². The number of hydrogen-bond acceptors (Lipinski definition) is 1. The Labute approximate surface area is 70.1 Å². The van der Waals surface area contributed by atoms with E-state index in [1.54, 1.807) is 0 Å². The third-order valence-corrected chi connectivity index (χ3v) is 6.88. The van der Waals surface area contributed by atoms with Crippen LogP contribution in [0.1, 0.15) is 20.8 Å². The van der Waals surface area contributed by atoms with E-state index in [1.807, 2.05) is 0 Å². The molecule has 0 fully saturated rings. The Balaban J connectivity index is 4.00. The molecule has 1 nitrogen and oxygen atoms in total. The Kier molecular flexibility index (Phi) is 3.71. The van der Waals surface area contributed by atoms with Gasteiger partial charge in [0.25, 0.3) is 0 Å². The third kappa shape index (κ3) is 3.34. The lowest BCUT2D eigenvalue weighted by atomic mass is 10.2. The summed E-state index contributed by atoms with van der Waals surface area (Å²) in [5.41, 5.74) is 0. The molecule has 68 valence electrons. The average Bonchev–Trinajstić information content (AvgIpc) is 1.81. The zero-order valence-electron chi connectivity index (χ0n) is 8.20. The summed E-state index contributed by atoms with van der Waals surface area (Å²) in [6, 6.07) is 0. The molecule has 0 N–H and O–H groups in total. The topological polar surface area (TPSA) is 9.23 Å². The summed E-state index contributed by atoms with van der Waals surface area (Å²) >= 11 is 0. The van der Waals surface area contributed by atoms with Crippen LogP contribution in [0.2, 0.25) is 18.1 Å². The molecule has 0 amide bonds. The summed E-state index contributed by atoms with van der Waals surface area (Å²) in [6.07, 6.45) is 0. The van der Waals surface area contributed by atoms with E-state index in [0.717, 1.165) is 0 Å². The van der Waals surface area contributed by atoms with Crippen LogP contribution in [0.25, 0.3) is 0 Å². The largest absolute Gasteiger partial charge is 0.414 e. The molecule has 0 aromatic heterocycles. The van der Waals surface area contributed by atoms with Gasteiger partial charge >= 0.3 is 0 Å². The summed E-state index contributed by atoms with van der Waals surface area (Å²) in [5, 5.41) is 0.197. The lowest BCUT2D eigenvalue weighted by molar-refractivity contribution is 0.251. The van der Waals surface area contributed by atoms with Crippen LogP contribution in [0.3, 0.4) is 0 Å². The minimum absolute atomic E-state index is 0.197. The molecule has 0 aliphatic heterocycles. The zero-order valence-corrected chi connectivity index (χ0v) is 9.20. The molecule has 0 aliphatic rings. The van der Waals surface area contributed by atoms with Gasteiger partial charge in [0.2, 0.25) is 0 Å². The van der Waals surface area contributed by atoms with Crippen molar-refractivity contribution in [2.75, 3.05) is 13.3 Å². The SMILES string of the molecule is CC(C)(C)[Si](C)(C)OCCF. The zero-order chi connectivity index (χ0) is 9.12. The molecular weight excluding hydrogens is 159 g/mol. The summed E-state index contributed by atoms with van der Waals surface area (Å²) < 4.78 is 17.3. The Morgan fingerprint density at radius 2 is 1.73 bits per heavy atom. The molecule has 0 atom stereocenters. The van der Waals surface area contributed by atoms with Crippen molar-refractivity contribution in [2.45, 2.75) is 38.9 Å². The summed E-state index contributed by atoms with van der Waals surface area (Å²) in [7, 11) is -1.67. The van der Waals surface area contributed by atoms with Gasteiger partial charge in [-0.1, -0.05) is 20.8 Å². The molecule has 0 saturated carbocycles. The van der Waals surface area contributed by atoms with Gasteiger partial charge in [-0.2, -0.15) is 0 Å². The minimum Gasteiger partial charge on any atom is -0.414 e. The van der Waals surface area contributed by atoms with Crippen LogP contribution in [0.4, 0.5) is 4.39 Å². The summed E-state index contributed by atoms with van der Waals surface area (Å²) in [6.45, 7) is 10.6. The minimum atomic E-state index is -1.67. The number of halogens is 1. The molecule has 0 heterocycles. The van der Waals surface area contributed by atoms with Gasteiger partial charge in [-0.15, -0.1) is 0 Å². The monoisotopic (exact) mass is 178 g/mol. The van der Waals surface area contributed by atoms with Gasteiger partial charge in [-0.25, -0.2) is 4.39 Å². The molecule has 3 heteroatoms. The summed E-state index contributed by atoms with van der Waals surface area (Å²) in [4.78, 5) is 0. The fraction of sp³-hybridized carbons (Fsp3) is 1.00. The van der Waals surface area contributed by atoms with E-state index in [1.165, 1.54) is 0 Å². The molecule has 0 bridgehead atoms. The van der Waals surface area contributed by atoms with E-state index in [-0.39, 0.29) is 18.3 Å². The van der Waals surface area contributed by atoms with E-state index < -0.39 is 8.32 Å². The fourth-order valence-electron chi connectivity index (χ4n) is 0.510. The van der Waals surface area contributed by atoms with Crippen LogP contribution in [0, 0.1) is 0 Å². The lowest BCUT2D eigenvalue weighted by Gasteiger charge is -2.35. The van der Waals surface area contributed by atoms with Gasteiger partial charge in [0.05, 0.1) is 6.61 Å². The molecule has 11 heavy (non-hydrogen) atoms. The number of alkyl halides is 1. The van der Waals surface area contributed by atoms with Crippen molar-refractivity contribution >= 4 is 8.32 Å². The smallest absolute Gasteiger partial charge is 0.192 e. The molecule has 0 saturated heterocycles. The van der Waals surface area contributed by atoms with Gasteiger partial charge in [0.15, 0.2) is 8.32 Å². The summed E-state index contributed by atoms with van der Waals surface area (Å²) in [5.74, 6) is 0. The first-order valence-electron chi connectivity index (χ1n) is 4.01. The van der Waals surface area contributed by atoms with Crippen LogP contribution in [-0.4, -0.2) is 21.6 Å². The fourth-order valence-corrected chi connectivity index (χ4v) is 1.53. The second-order valence-corrected chi connectivity index (χ2v) is 9.11. The first-order chi connectivity index (χ1) is 4.81. The van der Waals surface area contributed by atoms with Crippen LogP contribution < -0.4 is 0 Å². The first-order valence-corrected chi connectivity index (χ1v) is 6.92. The van der Waals surface area contributed by atoms with Gasteiger partial charge in [-0.05, 0) is 18.1 Å². The molecule has 0 rings (SSSR count). The second kappa shape index (κ2) is 3.67. The van der Waals surface area contributed by atoms with Crippen molar-refractivity contribution in [1.29, 1.82) is 0 Å². The molecule has 0 spiro atoms. The Morgan fingerprint density at radius 3 is 2.00 bits per heavy atom. The average molecular weight is 178 g/mol. The van der Waals surface area contributed by atoms with Crippen LogP contribution >= 0.6 is 0 Å². The predicted octanol–water partition coefficient (Wildman–Crippen LogP) is 2.98. The highest BCUT2D eigenvalue weighted by Gasteiger charge is 2.36. The third-order valence-electron chi connectivity index (χ3n) is 2.35. The second-order valence-electron chi connectivity index (χ2n) is 4.30. The van der Waals surface area contributed by atoms with Crippen LogP contribution in [0.15, 0.2) is 0 Å². The van der Waals surface area contributed by atoms with Crippen molar-refractivity contribution in [3.05, 3.63) is 0 Å². The molecular formula is C8H19FOSi. The highest BCUT2D eigenvalue weighted by molar-refractivity contribution is 6.74. The van der Waals surface area contributed by atoms with Gasteiger partial charge < -0.3 is 4.43 Å². The molecule has 0 radical (unpaired) electrons. The lowest BCUT2D eigenvalue weighted by Crippen LogP contribution is -2.41. The van der Waals surface area contributed by atoms with Gasteiger partial charge in [0, 0.05) is 0 Å². The van der Waals surface area contributed by atoms with Crippen molar-refractivity contribution < 1.29 is 8.82 Å². The van der Waals surface area contributed by atoms with Crippen molar-refractivity contribution in [1.82, 2.24) is 0 Å². The van der Waals surface area contributed by atoms with E-state index in [4.69, 9.17) is 4.43 Å². The maximum atomic E-state index is 11.8. The van der Waals surface area contributed by atoms with Gasteiger partial charge in [-0.3, -0.25) is 0 Å². The highest BCUT2D eigenvalue weighted by atomic mass is 28.4. The number of hydrogen-bond donors (Lipinski definition) is 0. The van der Waals surface area contributed by atoms with E-state index in [9.17, 15) is 4.39 Å². The Bertz CT molecular complexity index is 118. The van der Waals surface area contributed by atoms with Crippen LogP contribution in [0.5, 0.6) is 0 Å². The standard InChI is InChI=1S/C8H19FOSi/c1-8(2,3)11(4,5)10-7-6-9/h6-7H2,1-5H3. The van der Waals surface area contributed by atoms with Crippen molar-refractivity contribution in [2.24, 2.45) is 0 Å². The van der Waals surface area contributed by atoms with Crippen LogP contribution in [-0.2, 0) is 4.43 Å².